The number of hydrogen-bond donors (Lipinski definition) is 3. The van der Waals surface area contributed by atoms with Gasteiger partial charge in [-0.25, -0.2) is 9.59 Å². The Morgan fingerprint density at radius 1 is 1.03 bits per heavy atom. The zero-order valence-corrected chi connectivity index (χ0v) is 20.0. The third-order valence-corrected chi connectivity index (χ3v) is 4.76. The van der Waals surface area contributed by atoms with Crippen molar-refractivity contribution in [1.82, 2.24) is 15.5 Å². The monoisotopic (exact) mass is 495 g/mol. The Hall–Kier alpha value is -3.67. The Bertz CT molecular complexity index is 833. The van der Waals surface area contributed by atoms with Crippen LogP contribution in [0.5, 0.6) is 0 Å². The van der Waals surface area contributed by atoms with Crippen LogP contribution in [0.1, 0.15) is 31.2 Å². The van der Waals surface area contributed by atoms with Gasteiger partial charge in [-0.05, 0) is 24.8 Å². The van der Waals surface area contributed by atoms with E-state index in [1.165, 1.54) is 14.2 Å². The Balaban J connectivity index is 2.45. The van der Waals surface area contributed by atoms with Crippen molar-refractivity contribution in [3.8, 4) is 0 Å². The summed E-state index contributed by atoms with van der Waals surface area (Å²) in [5.74, 6) is -3.22. The first-order chi connectivity index (χ1) is 16.8. The lowest BCUT2D eigenvalue weighted by Crippen LogP contribution is -2.48. The van der Waals surface area contributed by atoms with Crippen LogP contribution in [-0.4, -0.2) is 86.4 Å². The minimum absolute atomic E-state index is 0.0786. The molecule has 1 aromatic carbocycles. The number of alkyl carbamates (subject to hydrolysis) is 1. The number of amides is 3. The van der Waals surface area contributed by atoms with Crippen molar-refractivity contribution in [2.45, 2.75) is 38.3 Å². The van der Waals surface area contributed by atoms with Crippen LogP contribution in [0.4, 0.5) is 4.79 Å². The molecule has 0 bridgehead atoms. The molecule has 12 heteroatoms. The summed E-state index contributed by atoms with van der Waals surface area (Å²) < 4.78 is 14.6. The second-order valence-electron chi connectivity index (χ2n) is 7.51. The van der Waals surface area contributed by atoms with Gasteiger partial charge in [0, 0.05) is 13.7 Å². The fourth-order valence-corrected chi connectivity index (χ4v) is 2.99. The van der Waals surface area contributed by atoms with Gasteiger partial charge in [-0.2, -0.15) is 0 Å². The zero-order valence-electron chi connectivity index (χ0n) is 20.0. The number of nitrogens with one attached hydrogen (secondary N) is 2. The molecule has 0 spiro atoms. The number of methoxy groups -OCH3 is 2. The fourth-order valence-electron chi connectivity index (χ4n) is 2.99. The van der Waals surface area contributed by atoms with Gasteiger partial charge in [0.2, 0.25) is 11.8 Å². The molecule has 0 saturated heterocycles. The van der Waals surface area contributed by atoms with Gasteiger partial charge in [-0.15, -0.1) is 0 Å². The summed E-state index contributed by atoms with van der Waals surface area (Å²) in [6.07, 6.45) is 0.534. The van der Waals surface area contributed by atoms with E-state index >= 15 is 0 Å². The number of benzene rings is 1. The number of unbranched alkanes of at least 4 members (excludes halogenated alkanes) is 1. The van der Waals surface area contributed by atoms with E-state index in [0.717, 1.165) is 10.5 Å². The Labute approximate surface area is 203 Å². The number of hydrogen-bond acceptors (Lipinski definition) is 8. The van der Waals surface area contributed by atoms with Gasteiger partial charge in [0.1, 0.15) is 25.7 Å². The first kappa shape index (κ1) is 29.4. The molecule has 0 aromatic heterocycles. The number of rotatable bonds is 16. The highest BCUT2D eigenvalue weighted by atomic mass is 16.5. The molecule has 0 saturated carbocycles. The summed E-state index contributed by atoms with van der Waals surface area (Å²) in [5.41, 5.74) is 0.863. The number of carboxylic acids is 1. The van der Waals surface area contributed by atoms with E-state index in [4.69, 9.17) is 19.3 Å². The maximum Gasteiger partial charge on any atom is 0.407 e. The predicted molar refractivity (Wildman–Crippen MR) is 123 cm³/mol. The largest absolute Gasteiger partial charge is 0.480 e. The van der Waals surface area contributed by atoms with Gasteiger partial charge < -0.3 is 34.9 Å². The van der Waals surface area contributed by atoms with Gasteiger partial charge in [-0.3, -0.25) is 14.4 Å². The number of carbonyl (C=O) groups is 5. The standard InChI is InChI=1S/C23H33N3O9/c1-33-13-11-20(28)26(15-21(29)30)14-19(27)25-18(22(31)34-2)10-6-7-12-24-23(32)35-16-17-8-4-3-5-9-17/h3-5,8-9,18H,6-7,10-16H2,1-2H3,(H,24,32)(H,25,27)(H,29,30)/t18-/m0/s1. The zero-order chi connectivity index (χ0) is 26.1. The van der Waals surface area contributed by atoms with Crippen LogP contribution < -0.4 is 10.6 Å². The van der Waals surface area contributed by atoms with Crippen LogP contribution in [0.3, 0.4) is 0 Å². The third-order valence-electron chi connectivity index (χ3n) is 4.76. The van der Waals surface area contributed by atoms with Gasteiger partial charge >= 0.3 is 18.0 Å². The summed E-state index contributed by atoms with van der Waals surface area (Å²) in [5, 5.41) is 14.1. The molecule has 3 amide bonds. The predicted octanol–water partition coefficient (Wildman–Crippen LogP) is 0.691. The highest BCUT2D eigenvalue weighted by molar-refractivity contribution is 5.89. The smallest absolute Gasteiger partial charge is 0.407 e. The topological polar surface area (TPSA) is 161 Å². The molecule has 1 atom stereocenters. The van der Waals surface area contributed by atoms with Crippen LogP contribution in [0.25, 0.3) is 0 Å². The maximum absolute atomic E-state index is 12.4. The highest BCUT2D eigenvalue weighted by Gasteiger charge is 2.24. The molecule has 1 rings (SSSR count). The van der Waals surface area contributed by atoms with Crippen LogP contribution in [0.15, 0.2) is 30.3 Å². The molecule has 0 fully saturated rings. The summed E-state index contributed by atoms with van der Waals surface area (Å²) in [4.78, 5) is 60.3. The number of aliphatic carboxylic acids is 1. The number of nitrogens with zero attached hydrogens (tertiary/aromatic N) is 1. The van der Waals surface area contributed by atoms with Crippen molar-refractivity contribution in [3.63, 3.8) is 0 Å². The molecule has 1 aromatic rings. The highest BCUT2D eigenvalue weighted by Crippen LogP contribution is 2.05. The van der Waals surface area contributed by atoms with E-state index in [1.54, 1.807) is 0 Å². The van der Waals surface area contributed by atoms with E-state index in [1.807, 2.05) is 30.3 Å². The Morgan fingerprint density at radius 2 is 1.74 bits per heavy atom. The summed E-state index contributed by atoms with van der Waals surface area (Å²) in [7, 11) is 2.57. The number of ether oxygens (including phenoxy) is 3. The lowest BCUT2D eigenvalue weighted by molar-refractivity contribution is -0.148. The molecule has 194 valence electrons. The SMILES string of the molecule is COCCC(=O)N(CC(=O)O)CC(=O)N[C@@H](CCCCNC(=O)OCc1ccccc1)C(=O)OC. The molecular weight excluding hydrogens is 462 g/mol. The lowest BCUT2D eigenvalue weighted by atomic mass is 10.1. The van der Waals surface area contributed by atoms with E-state index in [-0.39, 0.29) is 26.1 Å². The van der Waals surface area contributed by atoms with E-state index in [9.17, 15) is 24.0 Å². The first-order valence-electron chi connectivity index (χ1n) is 11.1. The molecule has 12 nitrogen and oxygen atoms in total. The third kappa shape index (κ3) is 13.0. The van der Waals surface area contributed by atoms with Gasteiger partial charge in [0.05, 0.1) is 20.1 Å². The summed E-state index contributed by atoms with van der Waals surface area (Å²) >= 11 is 0. The molecule has 0 aliphatic rings. The molecule has 0 aliphatic heterocycles. The molecule has 0 radical (unpaired) electrons. The van der Waals surface area contributed by atoms with Crippen molar-refractivity contribution < 1.29 is 43.3 Å². The first-order valence-corrected chi connectivity index (χ1v) is 11.1. The quantitative estimate of drug-likeness (QED) is 0.221. The van der Waals surface area contributed by atoms with Crippen LogP contribution >= 0.6 is 0 Å². The summed E-state index contributed by atoms with van der Waals surface area (Å²) in [6.45, 7) is -0.664. The van der Waals surface area contributed by atoms with Crippen molar-refractivity contribution in [3.05, 3.63) is 35.9 Å². The van der Waals surface area contributed by atoms with Gasteiger partial charge in [-0.1, -0.05) is 30.3 Å². The molecule has 0 unspecified atom stereocenters. The molecule has 0 aliphatic carbocycles. The second kappa shape index (κ2) is 16.9. The minimum atomic E-state index is -1.28. The maximum atomic E-state index is 12.4. The molecular formula is C23H33N3O9. The fraction of sp³-hybridized carbons (Fsp3) is 0.522. The van der Waals surface area contributed by atoms with Crippen LogP contribution in [0, 0.1) is 0 Å². The van der Waals surface area contributed by atoms with Crippen LogP contribution in [0.2, 0.25) is 0 Å². The van der Waals surface area contributed by atoms with E-state index in [2.05, 4.69) is 10.6 Å². The molecule has 3 N–H and O–H groups in total. The van der Waals surface area contributed by atoms with Crippen molar-refractivity contribution in [1.29, 1.82) is 0 Å². The Kier molecular flexibility index (Phi) is 14.2. The normalized spacial score (nSPS) is 11.1. The Morgan fingerprint density at radius 3 is 2.37 bits per heavy atom. The average molecular weight is 496 g/mol. The van der Waals surface area contributed by atoms with Crippen molar-refractivity contribution in [2.75, 3.05) is 40.5 Å². The number of carbonyl (C=O) groups excluding carboxylic acids is 4. The van der Waals surface area contributed by atoms with Crippen molar-refractivity contribution in [2.24, 2.45) is 0 Å². The number of esters is 1. The van der Waals surface area contributed by atoms with E-state index in [0.29, 0.717) is 19.4 Å². The minimum Gasteiger partial charge on any atom is -0.480 e. The summed E-state index contributed by atoms with van der Waals surface area (Å²) in [6, 6.07) is 8.24. The number of carboxylic acid groups (broad SMARTS) is 1. The van der Waals surface area contributed by atoms with Crippen LogP contribution in [-0.2, 0) is 40.0 Å². The average Bonchev–Trinajstić information content (AvgIpc) is 2.84. The van der Waals surface area contributed by atoms with Gasteiger partial charge in [0.25, 0.3) is 0 Å². The lowest BCUT2D eigenvalue weighted by Gasteiger charge is -2.22. The molecule has 0 heterocycles. The van der Waals surface area contributed by atoms with E-state index < -0.39 is 49.0 Å². The van der Waals surface area contributed by atoms with Gasteiger partial charge in [0.15, 0.2) is 0 Å². The second-order valence-corrected chi connectivity index (χ2v) is 7.51. The molecule has 35 heavy (non-hydrogen) atoms. The van der Waals surface area contributed by atoms with Crippen molar-refractivity contribution >= 4 is 29.8 Å².